The van der Waals surface area contributed by atoms with Gasteiger partial charge in [0, 0.05) is 0 Å². The van der Waals surface area contributed by atoms with Crippen molar-refractivity contribution in [2.24, 2.45) is 17.3 Å². The van der Waals surface area contributed by atoms with Gasteiger partial charge in [-0.15, -0.1) is 0 Å². The van der Waals surface area contributed by atoms with E-state index in [1.54, 1.807) is 0 Å². The van der Waals surface area contributed by atoms with Gasteiger partial charge in [-0.1, -0.05) is 40.5 Å². The van der Waals surface area contributed by atoms with E-state index < -0.39 is 0 Å². The van der Waals surface area contributed by atoms with Crippen molar-refractivity contribution in [2.45, 2.75) is 66.2 Å². The molecule has 0 nitrogen and oxygen atoms in total. The van der Waals surface area contributed by atoms with Gasteiger partial charge >= 0.3 is 0 Å². The maximum Gasteiger partial charge on any atom is -0.0251 e. The summed E-state index contributed by atoms with van der Waals surface area (Å²) in [6.45, 7) is 9.63. The SMILES string of the molecule is CCC(CC)(C(C)C)C1CCCC1. The third-order valence-electron chi connectivity index (χ3n) is 4.63. The predicted molar refractivity (Wildman–Crippen MR) is 59.8 cm³/mol. The minimum atomic E-state index is 0.663. The van der Waals surface area contributed by atoms with E-state index in [0.717, 1.165) is 11.8 Å². The molecule has 1 aliphatic rings. The fourth-order valence-corrected chi connectivity index (χ4v) is 3.62. The highest BCUT2D eigenvalue weighted by Crippen LogP contribution is 2.49. The van der Waals surface area contributed by atoms with E-state index in [-0.39, 0.29) is 0 Å². The molecule has 0 atom stereocenters. The molecular weight excluding hydrogens is 156 g/mol. The normalized spacial score (nSPS) is 20.1. The summed E-state index contributed by atoms with van der Waals surface area (Å²) in [6.07, 6.45) is 8.73. The Morgan fingerprint density at radius 1 is 1.08 bits per heavy atom. The highest BCUT2D eigenvalue weighted by atomic mass is 14.4. The summed E-state index contributed by atoms with van der Waals surface area (Å²) in [5, 5.41) is 0. The second kappa shape index (κ2) is 4.48. The second-order valence-electron chi connectivity index (χ2n) is 5.08. The second-order valence-corrected chi connectivity index (χ2v) is 5.08. The Balaban J connectivity index is 2.74. The van der Waals surface area contributed by atoms with Crippen molar-refractivity contribution in [3.05, 3.63) is 0 Å². The predicted octanol–water partition coefficient (Wildman–Crippen LogP) is 4.64. The first-order chi connectivity index (χ1) is 6.17. The molecule has 0 aromatic carbocycles. The van der Waals surface area contributed by atoms with Crippen LogP contribution in [0.5, 0.6) is 0 Å². The summed E-state index contributed by atoms with van der Waals surface area (Å²) in [7, 11) is 0. The lowest BCUT2D eigenvalue weighted by atomic mass is 9.63. The zero-order valence-electron chi connectivity index (χ0n) is 9.90. The summed E-state index contributed by atoms with van der Waals surface area (Å²) in [5.41, 5.74) is 0.663. The van der Waals surface area contributed by atoms with Crippen molar-refractivity contribution in [2.75, 3.05) is 0 Å². The summed E-state index contributed by atoms with van der Waals surface area (Å²) in [5.74, 6) is 1.90. The Labute approximate surface area is 84.1 Å². The Bertz CT molecular complexity index is 136. The quantitative estimate of drug-likeness (QED) is 0.594. The molecule has 0 saturated heterocycles. The first kappa shape index (κ1) is 11.1. The number of rotatable bonds is 4. The molecule has 0 bridgehead atoms. The smallest absolute Gasteiger partial charge is 0.0251 e. The molecule has 0 amide bonds. The van der Waals surface area contributed by atoms with Crippen LogP contribution in [0.15, 0.2) is 0 Å². The lowest BCUT2D eigenvalue weighted by Crippen LogP contribution is -2.33. The third kappa shape index (κ3) is 1.92. The summed E-state index contributed by atoms with van der Waals surface area (Å²) >= 11 is 0. The Morgan fingerprint density at radius 3 is 1.85 bits per heavy atom. The van der Waals surface area contributed by atoms with E-state index >= 15 is 0 Å². The molecule has 0 heterocycles. The molecule has 0 unspecified atom stereocenters. The molecule has 0 aromatic rings. The van der Waals surface area contributed by atoms with Gasteiger partial charge in [-0.05, 0) is 42.9 Å². The van der Waals surface area contributed by atoms with Gasteiger partial charge in [-0.3, -0.25) is 0 Å². The molecule has 0 heteroatoms. The summed E-state index contributed by atoms with van der Waals surface area (Å²) < 4.78 is 0. The van der Waals surface area contributed by atoms with Gasteiger partial charge in [-0.2, -0.15) is 0 Å². The van der Waals surface area contributed by atoms with Crippen LogP contribution in [0.25, 0.3) is 0 Å². The van der Waals surface area contributed by atoms with Gasteiger partial charge in [0.25, 0.3) is 0 Å². The van der Waals surface area contributed by atoms with Crippen LogP contribution in [0.3, 0.4) is 0 Å². The molecule has 1 rings (SSSR count). The molecule has 1 saturated carbocycles. The van der Waals surface area contributed by atoms with E-state index in [9.17, 15) is 0 Å². The van der Waals surface area contributed by atoms with Crippen LogP contribution in [0.4, 0.5) is 0 Å². The van der Waals surface area contributed by atoms with Crippen LogP contribution in [-0.2, 0) is 0 Å². The standard InChI is InChI=1S/C13H26/c1-5-13(6-2,11(3)4)12-9-7-8-10-12/h11-12H,5-10H2,1-4H3. The van der Waals surface area contributed by atoms with Gasteiger partial charge in [0.1, 0.15) is 0 Å². The maximum atomic E-state index is 2.42. The fraction of sp³-hybridized carbons (Fsp3) is 1.00. The minimum Gasteiger partial charge on any atom is -0.0648 e. The van der Waals surface area contributed by atoms with Crippen LogP contribution >= 0.6 is 0 Å². The summed E-state index contributed by atoms with van der Waals surface area (Å²) in [4.78, 5) is 0. The van der Waals surface area contributed by atoms with Crippen molar-refractivity contribution in [3.63, 3.8) is 0 Å². The van der Waals surface area contributed by atoms with Gasteiger partial charge in [-0.25, -0.2) is 0 Å². The highest BCUT2D eigenvalue weighted by Gasteiger charge is 2.39. The Hall–Kier alpha value is 0. The Morgan fingerprint density at radius 2 is 1.54 bits per heavy atom. The van der Waals surface area contributed by atoms with E-state index in [4.69, 9.17) is 0 Å². The molecule has 0 aliphatic heterocycles. The maximum absolute atomic E-state index is 2.42. The van der Waals surface area contributed by atoms with Crippen molar-refractivity contribution in [3.8, 4) is 0 Å². The van der Waals surface area contributed by atoms with Crippen LogP contribution in [0.1, 0.15) is 66.2 Å². The van der Waals surface area contributed by atoms with E-state index in [2.05, 4.69) is 27.7 Å². The van der Waals surface area contributed by atoms with Crippen LogP contribution in [0, 0.1) is 17.3 Å². The van der Waals surface area contributed by atoms with Crippen molar-refractivity contribution >= 4 is 0 Å². The average Bonchev–Trinajstić information content (AvgIpc) is 2.60. The van der Waals surface area contributed by atoms with E-state index in [1.807, 2.05) is 0 Å². The largest absolute Gasteiger partial charge is 0.0648 e. The Kier molecular flexibility index (Phi) is 3.82. The molecule has 13 heavy (non-hydrogen) atoms. The highest BCUT2D eigenvalue weighted by molar-refractivity contribution is 4.89. The van der Waals surface area contributed by atoms with E-state index in [0.29, 0.717) is 5.41 Å². The first-order valence-corrected chi connectivity index (χ1v) is 6.17. The van der Waals surface area contributed by atoms with Crippen molar-refractivity contribution < 1.29 is 0 Å². The molecule has 0 spiro atoms. The van der Waals surface area contributed by atoms with Gasteiger partial charge < -0.3 is 0 Å². The third-order valence-corrected chi connectivity index (χ3v) is 4.63. The topological polar surface area (TPSA) is 0 Å². The number of hydrogen-bond acceptors (Lipinski definition) is 0. The van der Waals surface area contributed by atoms with Crippen LogP contribution in [-0.4, -0.2) is 0 Å². The average molecular weight is 182 g/mol. The van der Waals surface area contributed by atoms with Gasteiger partial charge in [0.2, 0.25) is 0 Å². The van der Waals surface area contributed by atoms with Crippen molar-refractivity contribution in [1.82, 2.24) is 0 Å². The van der Waals surface area contributed by atoms with E-state index in [1.165, 1.54) is 38.5 Å². The lowest BCUT2D eigenvalue weighted by molar-refractivity contribution is 0.0802. The molecular formula is C13H26. The fourth-order valence-electron chi connectivity index (χ4n) is 3.62. The van der Waals surface area contributed by atoms with Crippen LogP contribution in [0.2, 0.25) is 0 Å². The monoisotopic (exact) mass is 182 g/mol. The zero-order valence-corrected chi connectivity index (χ0v) is 9.90. The zero-order chi connectivity index (χ0) is 9.90. The van der Waals surface area contributed by atoms with Crippen LogP contribution < -0.4 is 0 Å². The first-order valence-electron chi connectivity index (χ1n) is 6.17. The van der Waals surface area contributed by atoms with Gasteiger partial charge in [0.15, 0.2) is 0 Å². The molecule has 0 N–H and O–H groups in total. The molecule has 1 aliphatic carbocycles. The molecule has 0 aromatic heterocycles. The summed E-state index contributed by atoms with van der Waals surface area (Å²) in [6, 6.07) is 0. The number of hydrogen-bond donors (Lipinski definition) is 0. The van der Waals surface area contributed by atoms with Crippen molar-refractivity contribution in [1.29, 1.82) is 0 Å². The lowest BCUT2D eigenvalue weighted by Gasteiger charge is -2.42. The molecule has 0 radical (unpaired) electrons. The molecule has 1 fully saturated rings. The minimum absolute atomic E-state index is 0.663. The van der Waals surface area contributed by atoms with Gasteiger partial charge in [0.05, 0.1) is 0 Å². The molecule has 78 valence electrons.